The van der Waals surface area contributed by atoms with Crippen LogP contribution in [0.1, 0.15) is 16.8 Å². The second-order valence-electron chi connectivity index (χ2n) is 4.39. The number of benzene rings is 2. The summed E-state index contributed by atoms with van der Waals surface area (Å²) in [5, 5.41) is 0. The maximum absolute atomic E-state index is 13.0. The number of carbonyl (C=O) groups is 1. The van der Waals surface area contributed by atoms with Gasteiger partial charge in [-0.2, -0.15) is 0 Å². The summed E-state index contributed by atoms with van der Waals surface area (Å²) in [7, 11) is 0. The zero-order chi connectivity index (χ0) is 15.1. The summed E-state index contributed by atoms with van der Waals surface area (Å²) in [5.74, 6) is -0.306. The second kappa shape index (κ2) is 7.28. The van der Waals surface area contributed by atoms with E-state index in [4.69, 9.17) is 15.2 Å². The van der Waals surface area contributed by atoms with Crippen molar-refractivity contribution < 1.29 is 18.7 Å². The van der Waals surface area contributed by atoms with Gasteiger partial charge in [0.1, 0.15) is 11.6 Å². The monoisotopic (exact) mass is 289 g/mol. The van der Waals surface area contributed by atoms with Crippen LogP contribution in [0.4, 0.5) is 10.1 Å². The largest absolute Gasteiger partial charge is 0.493 e. The third kappa shape index (κ3) is 4.49. The highest BCUT2D eigenvalue weighted by molar-refractivity contribution is 5.90. The van der Waals surface area contributed by atoms with Crippen LogP contribution >= 0.6 is 0 Å². The Morgan fingerprint density at radius 2 is 1.86 bits per heavy atom. The standard InChI is InChI=1S/C16H16FNO3/c17-14-8-7-12(11-15(14)18)16(19)21-10-4-9-20-13-5-2-1-3-6-13/h1-3,5-8,11H,4,9-10,18H2. The molecule has 5 heteroatoms. The zero-order valence-electron chi connectivity index (χ0n) is 11.4. The summed E-state index contributed by atoms with van der Waals surface area (Å²) >= 11 is 0. The molecule has 0 heterocycles. The van der Waals surface area contributed by atoms with Crippen LogP contribution in [0.25, 0.3) is 0 Å². The summed E-state index contributed by atoms with van der Waals surface area (Å²) in [6, 6.07) is 13.1. The molecule has 0 radical (unpaired) electrons. The number of rotatable bonds is 6. The van der Waals surface area contributed by atoms with E-state index in [1.165, 1.54) is 12.1 Å². The fraction of sp³-hybridized carbons (Fsp3) is 0.188. The zero-order valence-corrected chi connectivity index (χ0v) is 11.4. The Morgan fingerprint density at radius 1 is 1.10 bits per heavy atom. The number of nitrogen functional groups attached to an aromatic ring is 1. The molecule has 0 amide bonds. The third-order valence-corrected chi connectivity index (χ3v) is 2.77. The van der Waals surface area contributed by atoms with E-state index in [9.17, 15) is 9.18 Å². The molecule has 0 spiro atoms. The number of para-hydroxylation sites is 1. The molecule has 0 aromatic heterocycles. The lowest BCUT2D eigenvalue weighted by molar-refractivity contribution is 0.0486. The Balaban J connectivity index is 1.71. The van der Waals surface area contributed by atoms with Gasteiger partial charge < -0.3 is 15.2 Å². The minimum absolute atomic E-state index is 0.0724. The predicted molar refractivity (Wildman–Crippen MR) is 77.6 cm³/mol. The van der Waals surface area contributed by atoms with Crippen molar-refractivity contribution in [2.45, 2.75) is 6.42 Å². The molecule has 21 heavy (non-hydrogen) atoms. The van der Waals surface area contributed by atoms with Gasteiger partial charge in [-0.05, 0) is 30.3 Å². The summed E-state index contributed by atoms with van der Waals surface area (Å²) in [4.78, 5) is 11.7. The van der Waals surface area contributed by atoms with Gasteiger partial charge in [0.2, 0.25) is 0 Å². The first-order valence-electron chi connectivity index (χ1n) is 6.57. The van der Waals surface area contributed by atoms with Crippen molar-refractivity contribution >= 4 is 11.7 Å². The molecule has 4 nitrogen and oxygen atoms in total. The molecule has 0 saturated heterocycles. The van der Waals surface area contributed by atoms with Crippen molar-refractivity contribution in [3.05, 3.63) is 59.9 Å². The SMILES string of the molecule is Nc1cc(C(=O)OCCCOc2ccccc2)ccc1F. The van der Waals surface area contributed by atoms with Crippen molar-refractivity contribution in [3.8, 4) is 5.75 Å². The number of nitrogens with two attached hydrogens (primary N) is 1. The molecular weight excluding hydrogens is 273 g/mol. The molecule has 0 aliphatic carbocycles. The summed E-state index contributed by atoms with van der Waals surface area (Å²) in [6.07, 6.45) is 0.567. The lowest BCUT2D eigenvalue weighted by atomic mass is 10.2. The molecule has 0 fully saturated rings. The topological polar surface area (TPSA) is 61.6 Å². The number of hydrogen-bond acceptors (Lipinski definition) is 4. The third-order valence-electron chi connectivity index (χ3n) is 2.77. The summed E-state index contributed by atoms with van der Waals surface area (Å²) in [6.45, 7) is 0.672. The van der Waals surface area contributed by atoms with E-state index in [0.717, 1.165) is 11.8 Å². The van der Waals surface area contributed by atoms with E-state index in [1.807, 2.05) is 30.3 Å². The molecule has 2 aromatic rings. The Morgan fingerprint density at radius 3 is 2.57 bits per heavy atom. The van der Waals surface area contributed by atoms with Gasteiger partial charge in [-0.1, -0.05) is 18.2 Å². The van der Waals surface area contributed by atoms with Crippen molar-refractivity contribution in [2.75, 3.05) is 18.9 Å². The normalized spacial score (nSPS) is 10.1. The molecule has 2 rings (SSSR count). The highest BCUT2D eigenvalue weighted by atomic mass is 19.1. The van der Waals surface area contributed by atoms with Gasteiger partial charge in [0.25, 0.3) is 0 Å². The Kier molecular flexibility index (Phi) is 5.15. The maximum atomic E-state index is 13.0. The average molecular weight is 289 g/mol. The summed E-state index contributed by atoms with van der Waals surface area (Å²) < 4.78 is 23.5. The van der Waals surface area contributed by atoms with Crippen molar-refractivity contribution in [1.82, 2.24) is 0 Å². The lowest BCUT2D eigenvalue weighted by Crippen LogP contribution is -2.10. The molecule has 0 unspecified atom stereocenters. The average Bonchev–Trinajstić information content (AvgIpc) is 2.50. The number of ether oxygens (including phenoxy) is 2. The fourth-order valence-electron chi connectivity index (χ4n) is 1.68. The van der Waals surface area contributed by atoms with Crippen LogP contribution in [-0.2, 0) is 4.74 Å². The highest BCUT2D eigenvalue weighted by Gasteiger charge is 2.09. The smallest absolute Gasteiger partial charge is 0.338 e. The molecule has 110 valence electrons. The first-order chi connectivity index (χ1) is 10.2. The van der Waals surface area contributed by atoms with Gasteiger partial charge in [-0.15, -0.1) is 0 Å². The number of halogens is 1. The first-order valence-corrected chi connectivity index (χ1v) is 6.57. The number of esters is 1. The Hall–Kier alpha value is -2.56. The number of hydrogen-bond donors (Lipinski definition) is 1. The van der Waals surface area contributed by atoms with Crippen molar-refractivity contribution in [3.63, 3.8) is 0 Å². The van der Waals surface area contributed by atoms with E-state index in [0.29, 0.717) is 13.0 Å². The Labute approximate surface area is 122 Å². The summed E-state index contributed by atoms with van der Waals surface area (Å²) in [5.41, 5.74) is 5.56. The van der Waals surface area contributed by atoms with Crippen LogP contribution in [-0.4, -0.2) is 19.2 Å². The number of anilines is 1. The maximum Gasteiger partial charge on any atom is 0.338 e. The molecule has 0 atom stereocenters. The highest BCUT2D eigenvalue weighted by Crippen LogP contribution is 2.13. The van der Waals surface area contributed by atoms with Crippen LogP contribution < -0.4 is 10.5 Å². The van der Waals surface area contributed by atoms with E-state index in [-0.39, 0.29) is 17.9 Å². The van der Waals surface area contributed by atoms with Crippen LogP contribution in [0.15, 0.2) is 48.5 Å². The van der Waals surface area contributed by atoms with Gasteiger partial charge in [-0.25, -0.2) is 9.18 Å². The van der Waals surface area contributed by atoms with E-state index >= 15 is 0 Å². The minimum atomic E-state index is -0.553. The van der Waals surface area contributed by atoms with Crippen molar-refractivity contribution in [2.24, 2.45) is 0 Å². The van der Waals surface area contributed by atoms with E-state index in [2.05, 4.69) is 0 Å². The van der Waals surface area contributed by atoms with E-state index < -0.39 is 11.8 Å². The van der Waals surface area contributed by atoms with Crippen molar-refractivity contribution in [1.29, 1.82) is 0 Å². The molecule has 0 aliphatic heterocycles. The van der Waals surface area contributed by atoms with Crippen LogP contribution in [0.5, 0.6) is 5.75 Å². The van der Waals surface area contributed by atoms with Crippen LogP contribution in [0, 0.1) is 5.82 Å². The molecule has 0 bridgehead atoms. The van der Waals surface area contributed by atoms with E-state index in [1.54, 1.807) is 0 Å². The van der Waals surface area contributed by atoms with Crippen LogP contribution in [0.2, 0.25) is 0 Å². The fourth-order valence-corrected chi connectivity index (χ4v) is 1.68. The molecule has 0 saturated carbocycles. The number of carbonyl (C=O) groups excluding carboxylic acids is 1. The predicted octanol–water partition coefficient (Wildman–Crippen LogP) is 3.03. The Bertz CT molecular complexity index is 602. The molecule has 2 N–H and O–H groups in total. The van der Waals surface area contributed by atoms with Gasteiger partial charge in [0.15, 0.2) is 0 Å². The first kappa shape index (κ1) is 14.8. The van der Waals surface area contributed by atoms with Crippen LogP contribution in [0.3, 0.4) is 0 Å². The quantitative estimate of drug-likeness (QED) is 0.504. The molecule has 2 aromatic carbocycles. The lowest BCUT2D eigenvalue weighted by Gasteiger charge is -2.07. The minimum Gasteiger partial charge on any atom is -0.493 e. The van der Waals surface area contributed by atoms with Gasteiger partial charge in [-0.3, -0.25) is 0 Å². The molecule has 0 aliphatic rings. The van der Waals surface area contributed by atoms with Gasteiger partial charge in [0.05, 0.1) is 24.5 Å². The van der Waals surface area contributed by atoms with Gasteiger partial charge >= 0.3 is 5.97 Å². The molecular formula is C16H16FNO3. The second-order valence-corrected chi connectivity index (χ2v) is 4.39. The van der Waals surface area contributed by atoms with Gasteiger partial charge in [0, 0.05) is 6.42 Å².